The van der Waals surface area contributed by atoms with Gasteiger partial charge in [0.1, 0.15) is 0 Å². The third-order valence-electron chi connectivity index (χ3n) is 3.86. The van der Waals surface area contributed by atoms with Crippen LogP contribution in [-0.2, 0) is 0 Å². The summed E-state index contributed by atoms with van der Waals surface area (Å²) in [5.41, 5.74) is 2.16. The predicted octanol–water partition coefficient (Wildman–Crippen LogP) is 5.68. The number of hydrogen-bond acceptors (Lipinski definition) is 1. The molecular formula is C18H27N. The Balaban J connectivity index is 0.00000162. The Hall–Kier alpha value is -1.55. The molecule has 1 fully saturated rings. The van der Waals surface area contributed by atoms with E-state index in [4.69, 9.17) is 5.26 Å². The van der Waals surface area contributed by atoms with E-state index in [0.717, 1.165) is 11.5 Å². The molecule has 0 heterocycles. The lowest BCUT2D eigenvalue weighted by Gasteiger charge is -2.28. The molecule has 1 nitrogen and oxygen atoms in total. The van der Waals surface area contributed by atoms with Crippen LogP contribution in [0.4, 0.5) is 0 Å². The maximum atomic E-state index is 8.77. The van der Waals surface area contributed by atoms with Gasteiger partial charge >= 0.3 is 0 Å². The lowest BCUT2D eigenvalue weighted by atomic mass is 9.77. The fourth-order valence-corrected chi connectivity index (χ4v) is 2.80. The molecule has 0 bridgehead atoms. The topological polar surface area (TPSA) is 23.8 Å². The highest BCUT2D eigenvalue weighted by atomic mass is 14.3. The van der Waals surface area contributed by atoms with Gasteiger partial charge in [0.15, 0.2) is 0 Å². The first-order chi connectivity index (χ1) is 8.33. The molecule has 1 aromatic carbocycles. The normalized spacial score (nSPS) is 21.4. The first-order valence-electron chi connectivity index (χ1n) is 6.44. The van der Waals surface area contributed by atoms with Crippen molar-refractivity contribution < 1.29 is 0 Å². The average Bonchev–Trinajstić information content (AvgIpc) is 2.40. The molecule has 0 unspecified atom stereocenters. The van der Waals surface area contributed by atoms with Gasteiger partial charge in [-0.15, -0.1) is 6.58 Å². The van der Waals surface area contributed by atoms with Crippen LogP contribution < -0.4 is 0 Å². The van der Waals surface area contributed by atoms with Crippen molar-refractivity contribution in [1.29, 1.82) is 5.26 Å². The highest BCUT2D eigenvalue weighted by Crippen LogP contribution is 2.37. The van der Waals surface area contributed by atoms with E-state index < -0.39 is 0 Å². The summed E-state index contributed by atoms with van der Waals surface area (Å²) in [5.74, 6) is 1.55. The third-order valence-corrected chi connectivity index (χ3v) is 3.86. The first kappa shape index (κ1) is 17.4. The van der Waals surface area contributed by atoms with Gasteiger partial charge in [0, 0.05) is 0 Å². The molecule has 1 aliphatic carbocycles. The molecule has 0 N–H and O–H groups in total. The number of allylic oxidation sites excluding steroid dienone is 1. The SMILES string of the molecule is C.C.C=CCC1CCC(c2ccc(C#N)cc2)CC1. The smallest absolute Gasteiger partial charge is 0.0991 e. The van der Waals surface area contributed by atoms with Crippen LogP contribution >= 0.6 is 0 Å². The Kier molecular flexibility index (Phi) is 7.84. The van der Waals surface area contributed by atoms with Crippen molar-refractivity contribution in [3.63, 3.8) is 0 Å². The largest absolute Gasteiger partial charge is 0.192 e. The second-order valence-corrected chi connectivity index (χ2v) is 4.98. The molecule has 1 heteroatoms. The number of benzene rings is 1. The molecule has 19 heavy (non-hydrogen) atoms. The van der Waals surface area contributed by atoms with Crippen LogP contribution in [0.15, 0.2) is 36.9 Å². The quantitative estimate of drug-likeness (QED) is 0.639. The van der Waals surface area contributed by atoms with E-state index in [9.17, 15) is 0 Å². The molecule has 0 saturated heterocycles. The van der Waals surface area contributed by atoms with Crippen LogP contribution in [-0.4, -0.2) is 0 Å². The number of rotatable bonds is 3. The number of nitrogens with zero attached hydrogens (tertiary/aromatic N) is 1. The van der Waals surface area contributed by atoms with Crippen molar-refractivity contribution >= 4 is 0 Å². The molecule has 0 aliphatic heterocycles. The second kappa shape index (κ2) is 8.53. The van der Waals surface area contributed by atoms with Gasteiger partial charge in [-0.25, -0.2) is 0 Å². The summed E-state index contributed by atoms with van der Waals surface area (Å²) >= 11 is 0. The van der Waals surface area contributed by atoms with E-state index in [2.05, 4.69) is 24.8 Å². The maximum Gasteiger partial charge on any atom is 0.0991 e. The van der Waals surface area contributed by atoms with Gasteiger partial charge in [-0.2, -0.15) is 5.26 Å². The van der Waals surface area contributed by atoms with Crippen LogP contribution in [0.3, 0.4) is 0 Å². The van der Waals surface area contributed by atoms with E-state index in [1.807, 2.05) is 18.2 Å². The molecule has 0 amide bonds. The van der Waals surface area contributed by atoms with Gasteiger partial charge in [0.05, 0.1) is 11.6 Å². The standard InChI is InChI=1S/C16H19N.2CH4/c1-2-3-13-4-8-15(9-5-13)16-10-6-14(12-17)7-11-16;;/h2,6-7,10-11,13,15H,1,3-5,8-9H2;2*1H4. The summed E-state index contributed by atoms with van der Waals surface area (Å²) in [6.45, 7) is 3.82. The zero-order valence-corrected chi connectivity index (χ0v) is 10.2. The summed E-state index contributed by atoms with van der Waals surface area (Å²) < 4.78 is 0. The summed E-state index contributed by atoms with van der Waals surface area (Å²) in [4.78, 5) is 0. The summed E-state index contributed by atoms with van der Waals surface area (Å²) in [5, 5.41) is 8.77. The Morgan fingerprint density at radius 3 is 2.16 bits per heavy atom. The zero-order chi connectivity index (χ0) is 12.1. The van der Waals surface area contributed by atoms with Crippen molar-refractivity contribution in [1.82, 2.24) is 0 Å². The molecule has 1 aromatic rings. The van der Waals surface area contributed by atoms with Gasteiger partial charge < -0.3 is 0 Å². The molecular weight excluding hydrogens is 230 g/mol. The molecule has 0 radical (unpaired) electrons. The van der Waals surface area contributed by atoms with Crippen molar-refractivity contribution in [2.45, 2.75) is 52.9 Å². The number of nitriles is 1. The van der Waals surface area contributed by atoms with Crippen molar-refractivity contribution in [2.75, 3.05) is 0 Å². The second-order valence-electron chi connectivity index (χ2n) is 4.98. The van der Waals surface area contributed by atoms with Gasteiger partial charge in [0.2, 0.25) is 0 Å². The van der Waals surface area contributed by atoms with E-state index in [1.54, 1.807) is 0 Å². The van der Waals surface area contributed by atoms with Gasteiger partial charge in [-0.3, -0.25) is 0 Å². The molecule has 1 aliphatic rings. The highest BCUT2D eigenvalue weighted by molar-refractivity contribution is 5.33. The fourth-order valence-electron chi connectivity index (χ4n) is 2.80. The monoisotopic (exact) mass is 257 g/mol. The zero-order valence-electron chi connectivity index (χ0n) is 10.2. The van der Waals surface area contributed by atoms with Crippen LogP contribution in [0.1, 0.15) is 64.0 Å². The molecule has 0 spiro atoms. The summed E-state index contributed by atoms with van der Waals surface area (Å²) in [6, 6.07) is 10.3. The minimum atomic E-state index is 0. The van der Waals surface area contributed by atoms with E-state index >= 15 is 0 Å². The van der Waals surface area contributed by atoms with E-state index in [-0.39, 0.29) is 14.9 Å². The van der Waals surface area contributed by atoms with Gasteiger partial charge in [0.25, 0.3) is 0 Å². The van der Waals surface area contributed by atoms with Crippen molar-refractivity contribution in [2.24, 2.45) is 5.92 Å². The van der Waals surface area contributed by atoms with E-state index in [1.165, 1.54) is 37.7 Å². The summed E-state index contributed by atoms with van der Waals surface area (Å²) in [7, 11) is 0. The highest BCUT2D eigenvalue weighted by Gasteiger charge is 2.21. The molecule has 2 rings (SSSR count). The molecule has 104 valence electrons. The Bertz CT molecular complexity index is 402. The third kappa shape index (κ3) is 4.56. The van der Waals surface area contributed by atoms with Crippen LogP contribution in [0, 0.1) is 17.2 Å². The Labute approximate surface area is 119 Å². The average molecular weight is 257 g/mol. The Morgan fingerprint density at radius 2 is 1.68 bits per heavy atom. The van der Waals surface area contributed by atoms with Crippen LogP contribution in [0.2, 0.25) is 0 Å². The van der Waals surface area contributed by atoms with Crippen LogP contribution in [0.25, 0.3) is 0 Å². The first-order valence-corrected chi connectivity index (χ1v) is 6.44. The lowest BCUT2D eigenvalue weighted by Crippen LogP contribution is -2.12. The molecule has 0 aromatic heterocycles. The molecule has 0 atom stereocenters. The summed E-state index contributed by atoms with van der Waals surface area (Å²) in [6.07, 6.45) is 8.41. The fraction of sp³-hybridized carbons (Fsp3) is 0.500. The Morgan fingerprint density at radius 1 is 1.11 bits per heavy atom. The minimum Gasteiger partial charge on any atom is -0.192 e. The van der Waals surface area contributed by atoms with E-state index in [0.29, 0.717) is 5.92 Å². The number of hydrogen-bond donors (Lipinski definition) is 0. The van der Waals surface area contributed by atoms with Gasteiger partial charge in [-0.1, -0.05) is 33.1 Å². The predicted molar refractivity (Wildman–Crippen MR) is 84.1 cm³/mol. The lowest BCUT2D eigenvalue weighted by molar-refractivity contribution is 0.328. The van der Waals surface area contributed by atoms with Crippen molar-refractivity contribution in [3.05, 3.63) is 48.0 Å². The van der Waals surface area contributed by atoms with Crippen molar-refractivity contribution in [3.8, 4) is 6.07 Å². The van der Waals surface area contributed by atoms with Gasteiger partial charge in [-0.05, 0) is 61.6 Å². The minimum absolute atomic E-state index is 0. The van der Waals surface area contributed by atoms with Crippen LogP contribution in [0.5, 0.6) is 0 Å². The maximum absolute atomic E-state index is 8.77. The molecule has 1 saturated carbocycles.